The minimum Gasteiger partial charge on any atom is -0.448 e. The molecule has 4 aromatic rings. The minimum atomic E-state index is -0.542. The van der Waals surface area contributed by atoms with Crippen LogP contribution in [0.3, 0.4) is 0 Å². The van der Waals surface area contributed by atoms with Gasteiger partial charge < -0.3 is 14.3 Å². The van der Waals surface area contributed by atoms with Crippen molar-refractivity contribution in [2.24, 2.45) is 0 Å². The number of nitrogens with zero attached hydrogens (tertiary/aromatic N) is 2. The lowest BCUT2D eigenvalue weighted by Gasteiger charge is -2.08. The molecule has 1 unspecified atom stereocenters. The van der Waals surface area contributed by atoms with Gasteiger partial charge in [0.2, 0.25) is 11.7 Å². The standard InChI is InChI=1S/C20H16FN3O3/c1-11-14-9-6-10-15(21)17(14)26-16(11)19(25)22-12(2)20-23-18(24-27-20)13-7-4-3-5-8-13/h3-10,12H,1-2H3,(H,22,25). The zero-order valence-corrected chi connectivity index (χ0v) is 14.7. The molecular weight excluding hydrogens is 349 g/mol. The Balaban J connectivity index is 1.56. The Morgan fingerprint density at radius 3 is 2.67 bits per heavy atom. The van der Waals surface area contributed by atoms with Crippen LogP contribution in [-0.2, 0) is 0 Å². The number of furan rings is 1. The number of aryl methyl sites for hydroxylation is 1. The fraction of sp³-hybridized carbons (Fsp3) is 0.150. The largest absolute Gasteiger partial charge is 0.448 e. The fourth-order valence-corrected chi connectivity index (χ4v) is 2.86. The Morgan fingerprint density at radius 1 is 1.15 bits per heavy atom. The van der Waals surface area contributed by atoms with Gasteiger partial charge in [-0.2, -0.15) is 4.98 Å². The van der Waals surface area contributed by atoms with Crippen molar-refractivity contribution in [1.82, 2.24) is 15.5 Å². The number of rotatable bonds is 4. The number of para-hydroxylation sites is 1. The van der Waals surface area contributed by atoms with E-state index < -0.39 is 17.8 Å². The Bertz CT molecular complexity index is 1120. The molecule has 4 rings (SSSR count). The van der Waals surface area contributed by atoms with E-state index in [-0.39, 0.29) is 17.2 Å². The molecule has 7 heteroatoms. The zero-order chi connectivity index (χ0) is 19.0. The second-order valence-electron chi connectivity index (χ2n) is 6.19. The predicted molar refractivity (Wildman–Crippen MR) is 96.5 cm³/mol. The van der Waals surface area contributed by atoms with Crippen molar-refractivity contribution in [2.75, 3.05) is 0 Å². The first-order valence-electron chi connectivity index (χ1n) is 8.42. The Kier molecular flexibility index (Phi) is 4.19. The molecule has 0 spiro atoms. The molecule has 0 bridgehead atoms. The van der Waals surface area contributed by atoms with Gasteiger partial charge in [0.1, 0.15) is 6.04 Å². The number of carbonyl (C=O) groups is 1. The Labute approximate surface area is 154 Å². The first-order chi connectivity index (χ1) is 13.0. The van der Waals surface area contributed by atoms with Crippen LogP contribution >= 0.6 is 0 Å². The lowest BCUT2D eigenvalue weighted by molar-refractivity contribution is 0.0905. The van der Waals surface area contributed by atoms with E-state index in [0.29, 0.717) is 16.8 Å². The molecule has 0 radical (unpaired) electrons. The van der Waals surface area contributed by atoms with E-state index in [0.717, 1.165) is 5.56 Å². The van der Waals surface area contributed by atoms with E-state index in [1.807, 2.05) is 30.3 Å². The summed E-state index contributed by atoms with van der Waals surface area (Å²) in [4.78, 5) is 16.9. The van der Waals surface area contributed by atoms with Gasteiger partial charge in [0.05, 0.1) is 0 Å². The fourth-order valence-electron chi connectivity index (χ4n) is 2.86. The number of halogens is 1. The monoisotopic (exact) mass is 365 g/mol. The van der Waals surface area contributed by atoms with Crippen LogP contribution in [0.2, 0.25) is 0 Å². The molecule has 2 aromatic carbocycles. The second kappa shape index (κ2) is 6.68. The molecular formula is C20H16FN3O3. The molecule has 0 aliphatic heterocycles. The second-order valence-corrected chi connectivity index (χ2v) is 6.19. The molecule has 2 aromatic heterocycles. The maximum absolute atomic E-state index is 13.9. The van der Waals surface area contributed by atoms with Crippen molar-refractivity contribution in [3.8, 4) is 11.4 Å². The van der Waals surface area contributed by atoms with E-state index >= 15 is 0 Å². The number of amides is 1. The van der Waals surface area contributed by atoms with Crippen LogP contribution in [0.1, 0.15) is 35.0 Å². The molecule has 0 saturated carbocycles. The van der Waals surface area contributed by atoms with Crippen LogP contribution in [0.15, 0.2) is 57.5 Å². The summed E-state index contributed by atoms with van der Waals surface area (Å²) in [5, 5.41) is 7.25. The third kappa shape index (κ3) is 3.08. The molecule has 2 heterocycles. The van der Waals surface area contributed by atoms with Gasteiger partial charge in [0, 0.05) is 16.5 Å². The van der Waals surface area contributed by atoms with Crippen LogP contribution in [0.5, 0.6) is 0 Å². The molecule has 27 heavy (non-hydrogen) atoms. The lowest BCUT2D eigenvalue weighted by Crippen LogP contribution is -2.27. The number of hydrogen-bond donors (Lipinski definition) is 1. The summed E-state index contributed by atoms with van der Waals surface area (Å²) in [7, 11) is 0. The number of nitrogens with one attached hydrogen (secondary N) is 1. The predicted octanol–water partition coefficient (Wildman–Crippen LogP) is 4.42. The van der Waals surface area contributed by atoms with Gasteiger partial charge in [-0.15, -0.1) is 0 Å². The molecule has 0 fully saturated rings. The average molecular weight is 365 g/mol. The number of fused-ring (bicyclic) bond motifs is 1. The van der Waals surface area contributed by atoms with Crippen molar-refractivity contribution in [3.05, 3.63) is 71.6 Å². The molecule has 0 aliphatic carbocycles. The molecule has 1 amide bonds. The van der Waals surface area contributed by atoms with Crippen molar-refractivity contribution in [3.63, 3.8) is 0 Å². The van der Waals surface area contributed by atoms with Gasteiger partial charge in [-0.3, -0.25) is 4.79 Å². The summed E-state index contributed by atoms with van der Waals surface area (Å²) in [5.41, 5.74) is 1.45. The van der Waals surface area contributed by atoms with Crippen LogP contribution in [0.25, 0.3) is 22.4 Å². The molecule has 1 N–H and O–H groups in total. The number of aromatic nitrogens is 2. The van der Waals surface area contributed by atoms with E-state index in [4.69, 9.17) is 8.94 Å². The summed E-state index contributed by atoms with van der Waals surface area (Å²) < 4.78 is 24.6. The van der Waals surface area contributed by atoms with E-state index in [2.05, 4.69) is 15.5 Å². The number of hydrogen-bond acceptors (Lipinski definition) is 5. The van der Waals surface area contributed by atoms with Gasteiger partial charge in [0.25, 0.3) is 5.91 Å². The highest BCUT2D eigenvalue weighted by molar-refractivity contribution is 5.99. The molecule has 136 valence electrons. The molecule has 0 aliphatic rings. The first-order valence-corrected chi connectivity index (χ1v) is 8.42. The Hall–Kier alpha value is -3.48. The number of benzene rings is 2. The number of carbonyl (C=O) groups excluding carboxylic acids is 1. The molecule has 6 nitrogen and oxygen atoms in total. The molecule has 1 atom stereocenters. The van der Waals surface area contributed by atoms with Crippen molar-refractivity contribution >= 4 is 16.9 Å². The normalized spacial score (nSPS) is 12.3. The third-order valence-corrected chi connectivity index (χ3v) is 4.31. The summed E-state index contributed by atoms with van der Waals surface area (Å²) in [5.74, 6) is -0.220. The van der Waals surface area contributed by atoms with Crippen molar-refractivity contribution in [1.29, 1.82) is 0 Å². The van der Waals surface area contributed by atoms with Gasteiger partial charge in [-0.25, -0.2) is 4.39 Å². The van der Waals surface area contributed by atoms with Gasteiger partial charge in [-0.1, -0.05) is 47.6 Å². The van der Waals surface area contributed by atoms with E-state index in [1.165, 1.54) is 6.07 Å². The SMILES string of the molecule is Cc1c(C(=O)NC(C)c2nc(-c3ccccc3)no2)oc2c(F)cccc12. The van der Waals surface area contributed by atoms with Crippen LogP contribution in [0, 0.1) is 12.7 Å². The minimum absolute atomic E-state index is 0.0600. The third-order valence-electron chi connectivity index (χ3n) is 4.31. The summed E-state index contributed by atoms with van der Waals surface area (Å²) >= 11 is 0. The first kappa shape index (κ1) is 17.0. The Morgan fingerprint density at radius 2 is 1.93 bits per heavy atom. The zero-order valence-electron chi connectivity index (χ0n) is 14.7. The van der Waals surface area contributed by atoms with Gasteiger partial charge in [-0.05, 0) is 19.9 Å². The maximum atomic E-state index is 13.9. The summed E-state index contributed by atoms with van der Waals surface area (Å²) in [6, 6.07) is 13.4. The lowest BCUT2D eigenvalue weighted by atomic mass is 10.1. The van der Waals surface area contributed by atoms with Crippen LogP contribution in [0.4, 0.5) is 4.39 Å². The summed E-state index contributed by atoms with van der Waals surface area (Å²) in [6.07, 6.45) is 0. The van der Waals surface area contributed by atoms with Crippen molar-refractivity contribution < 1.29 is 18.1 Å². The smallest absolute Gasteiger partial charge is 0.287 e. The van der Waals surface area contributed by atoms with Gasteiger partial charge >= 0.3 is 0 Å². The highest BCUT2D eigenvalue weighted by atomic mass is 19.1. The van der Waals surface area contributed by atoms with Crippen LogP contribution < -0.4 is 5.32 Å². The van der Waals surface area contributed by atoms with Gasteiger partial charge in [0.15, 0.2) is 17.2 Å². The highest BCUT2D eigenvalue weighted by Gasteiger charge is 2.23. The molecule has 0 saturated heterocycles. The average Bonchev–Trinajstić information content (AvgIpc) is 3.29. The summed E-state index contributed by atoms with van der Waals surface area (Å²) in [6.45, 7) is 3.43. The maximum Gasteiger partial charge on any atom is 0.287 e. The highest BCUT2D eigenvalue weighted by Crippen LogP contribution is 2.27. The van der Waals surface area contributed by atoms with Crippen molar-refractivity contribution in [2.45, 2.75) is 19.9 Å². The van der Waals surface area contributed by atoms with Crippen LogP contribution in [-0.4, -0.2) is 16.0 Å². The van der Waals surface area contributed by atoms with E-state index in [9.17, 15) is 9.18 Å². The van der Waals surface area contributed by atoms with E-state index in [1.54, 1.807) is 26.0 Å². The quantitative estimate of drug-likeness (QED) is 0.579. The topological polar surface area (TPSA) is 81.2 Å².